The van der Waals surface area contributed by atoms with Gasteiger partial charge in [-0.05, 0) is 44.9 Å². The minimum atomic E-state index is -0.392. The number of nitrogens with one attached hydrogen (secondary N) is 2. The first-order chi connectivity index (χ1) is 9.97. The Balaban J connectivity index is 2.13. The Labute approximate surface area is 122 Å². The lowest BCUT2D eigenvalue weighted by molar-refractivity contribution is 0.546. The topological polar surface area (TPSA) is 79.8 Å². The predicted molar refractivity (Wildman–Crippen MR) is 82.7 cm³/mol. The molecule has 0 unspecified atom stereocenters. The van der Waals surface area contributed by atoms with Crippen molar-refractivity contribution in [2.75, 3.05) is 5.32 Å². The minimum absolute atomic E-state index is 0.0809. The molecule has 0 saturated heterocycles. The molecule has 0 aliphatic heterocycles. The van der Waals surface area contributed by atoms with E-state index >= 15 is 0 Å². The summed E-state index contributed by atoms with van der Waals surface area (Å²) in [4.78, 5) is 30.5. The Bertz CT molecular complexity index is 672. The van der Waals surface area contributed by atoms with Gasteiger partial charge in [-0.15, -0.1) is 0 Å². The summed E-state index contributed by atoms with van der Waals surface area (Å²) in [5.74, 6) is 0.448. The maximum absolute atomic E-state index is 11.9. The van der Waals surface area contributed by atoms with Gasteiger partial charge in [-0.2, -0.15) is 0 Å². The van der Waals surface area contributed by atoms with Crippen molar-refractivity contribution < 1.29 is 0 Å². The first-order valence-electron chi connectivity index (χ1n) is 6.98. The van der Waals surface area contributed by atoms with Crippen LogP contribution in [0.2, 0.25) is 0 Å². The van der Waals surface area contributed by atoms with Gasteiger partial charge in [-0.1, -0.05) is 0 Å². The molecule has 0 aliphatic carbocycles. The number of anilines is 1. The van der Waals surface area contributed by atoms with Crippen LogP contribution in [0.15, 0.2) is 40.2 Å². The van der Waals surface area contributed by atoms with Crippen molar-refractivity contribution in [3.63, 3.8) is 0 Å². The molecular weight excluding hydrogens is 268 g/mol. The number of pyridine rings is 1. The molecule has 1 atom stereocenters. The number of H-pyrrole nitrogens is 1. The summed E-state index contributed by atoms with van der Waals surface area (Å²) in [6.07, 6.45) is 4.26. The second kappa shape index (κ2) is 6.39. The van der Waals surface area contributed by atoms with Crippen LogP contribution in [-0.4, -0.2) is 20.6 Å². The van der Waals surface area contributed by atoms with Crippen LogP contribution in [0, 0.1) is 0 Å². The van der Waals surface area contributed by atoms with E-state index in [0.717, 1.165) is 12.0 Å². The number of hydrogen-bond acceptors (Lipinski definition) is 4. The van der Waals surface area contributed by atoms with E-state index in [-0.39, 0.29) is 17.6 Å². The number of hydrogen-bond donors (Lipinski definition) is 2. The fraction of sp³-hybridized carbons (Fsp3) is 0.400. The van der Waals surface area contributed by atoms with Gasteiger partial charge in [-0.25, -0.2) is 4.79 Å². The highest BCUT2D eigenvalue weighted by atomic mass is 16.2. The zero-order valence-electron chi connectivity index (χ0n) is 12.5. The van der Waals surface area contributed by atoms with Crippen molar-refractivity contribution in [1.82, 2.24) is 14.5 Å². The van der Waals surface area contributed by atoms with Crippen LogP contribution >= 0.6 is 0 Å². The van der Waals surface area contributed by atoms with Crippen molar-refractivity contribution in [2.45, 2.75) is 39.3 Å². The number of aromatic nitrogens is 3. The van der Waals surface area contributed by atoms with Crippen LogP contribution in [-0.2, 0) is 6.42 Å². The zero-order valence-corrected chi connectivity index (χ0v) is 12.5. The van der Waals surface area contributed by atoms with Gasteiger partial charge in [0.2, 0.25) is 0 Å². The lowest BCUT2D eigenvalue weighted by Crippen LogP contribution is -2.37. The normalized spacial score (nSPS) is 12.4. The standard InChI is InChI=1S/C15H20N4O2/c1-10(2)19-14(20)9-13(18-15(19)21)17-11(3)8-12-4-6-16-7-5-12/h4-7,9-11,17H,8H2,1-3H3,(H,18,21)/t11-/m0/s1. The van der Waals surface area contributed by atoms with Crippen LogP contribution in [0.5, 0.6) is 0 Å². The minimum Gasteiger partial charge on any atom is -0.369 e. The fourth-order valence-corrected chi connectivity index (χ4v) is 2.26. The highest BCUT2D eigenvalue weighted by Crippen LogP contribution is 2.06. The third-order valence-electron chi connectivity index (χ3n) is 3.18. The monoisotopic (exact) mass is 288 g/mol. The highest BCUT2D eigenvalue weighted by molar-refractivity contribution is 5.34. The molecule has 6 heteroatoms. The van der Waals surface area contributed by atoms with Crippen LogP contribution in [0.3, 0.4) is 0 Å². The molecule has 2 aromatic rings. The molecule has 21 heavy (non-hydrogen) atoms. The van der Waals surface area contributed by atoms with Gasteiger partial charge in [0.1, 0.15) is 5.82 Å². The molecule has 0 spiro atoms. The van der Waals surface area contributed by atoms with Crippen molar-refractivity contribution in [1.29, 1.82) is 0 Å². The van der Waals surface area contributed by atoms with Crippen LogP contribution in [0.1, 0.15) is 32.4 Å². The van der Waals surface area contributed by atoms with Gasteiger partial charge < -0.3 is 5.32 Å². The molecule has 2 rings (SSSR count). The summed E-state index contributed by atoms with van der Waals surface area (Å²) in [5, 5.41) is 3.15. The number of rotatable bonds is 5. The number of nitrogens with zero attached hydrogens (tertiary/aromatic N) is 2. The van der Waals surface area contributed by atoms with Crippen molar-refractivity contribution in [2.24, 2.45) is 0 Å². The molecule has 0 radical (unpaired) electrons. The van der Waals surface area contributed by atoms with Gasteiger partial charge in [0, 0.05) is 30.5 Å². The molecule has 2 N–H and O–H groups in total. The molecule has 0 saturated carbocycles. The summed E-state index contributed by atoms with van der Waals surface area (Å²) in [6.45, 7) is 5.60. The molecule has 0 aromatic carbocycles. The Morgan fingerprint density at radius 3 is 2.48 bits per heavy atom. The van der Waals surface area contributed by atoms with Gasteiger partial charge >= 0.3 is 5.69 Å². The lowest BCUT2D eigenvalue weighted by Gasteiger charge is -2.16. The third kappa shape index (κ3) is 3.81. The highest BCUT2D eigenvalue weighted by Gasteiger charge is 2.09. The summed E-state index contributed by atoms with van der Waals surface area (Å²) in [6, 6.07) is 5.22. The van der Waals surface area contributed by atoms with Crippen LogP contribution in [0.25, 0.3) is 0 Å². The van der Waals surface area contributed by atoms with Gasteiger partial charge in [-0.3, -0.25) is 19.3 Å². The predicted octanol–water partition coefficient (Wildman–Crippen LogP) is 1.56. The lowest BCUT2D eigenvalue weighted by atomic mass is 10.1. The molecule has 112 valence electrons. The van der Waals surface area contributed by atoms with E-state index in [9.17, 15) is 9.59 Å². The maximum atomic E-state index is 11.9. The summed E-state index contributed by atoms with van der Waals surface area (Å²) in [7, 11) is 0. The molecule has 2 aromatic heterocycles. The molecular formula is C15H20N4O2. The van der Waals surface area contributed by atoms with E-state index in [1.165, 1.54) is 10.6 Å². The quantitative estimate of drug-likeness (QED) is 0.875. The third-order valence-corrected chi connectivity index (χ3v) is 3.18. The van der Waals surface area contributed by atoms with E-state index in [1.54, 1.807) is 26.2 Å². The molecule has 0 fully saturated rings. The molecule has 0 bridgehead atoms. The Morgan fingerprint density at radius 2 is 1.90 bits per heavy atom. The van der Waals surface area contributed by atoms with Gasteiger partial charge in [0.05, 0.1) is 0 Å². The van der Waals surface area contributed by atoms with Gasteiger partial charge in [0.25, 0.3) is 5.56 Å². The summed E-state index contributed by atoms with van der Waals surface area (Å²) in [5.41, 5.74) is 0.450. The van der Waals surface area contributed by atoms with Crippen molar-refractivity contribution in [3.05, 3.63) is 57.0 Å². The smallest absolute Gasteiger partial charge is 0.330 e. The van der Waals surface area contributed by atoms with Crippen molar-refractivity contribution in [3.8, 4) is 0 Å². The maximum Gasteiger partial charge on any atom is 0.330 e. The zero-order chi connectivity index (χ0) is 15.4. The summed E-state index contributed by atoms with van der Waals surface area (Å²) < 4.78 is 1.19. The fourth-order valence-electron chi connectivity index (χ4n) is 2.26. The van der Waals surface area contributed by atoms with Gasteiger partial charge in [0.15, 0.2) is 0 Å². The van der Waals surface area contributed by atoms with Crippen LogP contribution < -0.4 is 16.6 Å². The molecule has 0 amide bonds. The molecule has 2 heterocycles. The number of aromatic amines is 1. The Kier molecular flexibility index (Phi) is 4.57. The van der Waals surface area contributed by atoms with E-state index < -0.39 is 5.69 Å². The van der Waals surface area contributed by atoms with E-state index in [0.29, 0.717) is 5.82 Å². The van der Waals surface area contributed by atoms with E-state index in [1.807, 2.05) is 19.1 Å². The second-order valence-electron chi connectivity index (χ2n) is 5.40. The molecule has 6 nitrogen and oxygen atoms in total. The Morgan fingerprint density at radius 1 is 1.24 bits per heavy atom. The first-order valence-corrected chi connectivity index (χ1v) is 6.98. The van der Waals surface area contributed by atoms with E-state index in [4.69, 9.17) is 0 Å². The SMILES string of the molecule is CC(C)n1c(=O)cc(N[C@@H](C)Cc2ccncc2)[nH]c1=O. The van der Waals surface area contributed by atoms with Crippen molar-refractivity contribution >= 4 is 5.82 Å². The van der Waals surface area contributed by atoms with E-state index in [2.05, 4.69) is 15.3 Å². The average Bonchev–Trinajstić information content (AvgIpc) is 2.38. The van der Waals surface area contributed by atoms with Crippen LogP contribution in [0.4, 0.5) is 5.82 Å². The molecule has 0 aliphatic rings. The largest absolute Gasteiger partial charge is 0.369 e. The summed E-state index contributed by atoms with van der Waals surface area (Å²) >= 11 is 0. The second-order valence-corrected chi connectivity index (χ2v) is 5.40. The average molecular weight is 288 g/mol. The Hall–Kier alpha value is -2.37. The first kappa shape index (κ1) is 15.0.